The van der Waals surface area contributed by atoms with Crippen LogP contribution in [0.1, 0.15) is 5.56 Å². The van der Waals surface area contributed by atoms with Crippen LogP contribution in [-0.4, -0.2) is 22.9 Å². The van der Waals surface area contributed by atoms with Gasteiger partial charge in [-0.3, -0.25) is 0 Å². The summed E-state index contributed by atoms with van der Waals surface area (Å²) >= 11 is 0. The zero-order valence-electron chi connectivity index (χ0n) is 7.27. The summed E-state index contributed by atoms with van der Waals surface area (Å²) in [6.45, 7) is -0.284. The van der Waals surface area contributed by atoms with Crippen molar-refractivity contribution < 1.29 is 10.2 Å². The molecule has 4 nitrogen and oxygen atoms in total. The third-order valence-corrected chi connectivity index (χ3v) is 1.90. The first-order valence-corrected chi connectivity index (χ1v) is 4.07. The van der Waals surface area contributed by atoms with Crippen molar-refractivity contribution in [2.75, 3.05) is 18.1 Å². The largest absolute Gasteiger partial charge is 0.398 e. The molecule has 0 radical (unpaired) electrons. The van der Waals surface area contributed by atoms with Crippen LogP contribution in [0.4, 0.5) is 11.4 Å². The summed E-state index contributed by atoms with van der Waals surface area (Å²) in [4.78, 5) is 0. The first kappa shape index (κ1) is 9.83. The van der Waals surface area contributed by atoms with Gasteiger partial charge in [-0.25, -0.2) is 0 Å². The zero-order chi connectivity index (χ0) is 9.84. The van der Waals surface area contributed by atoms with Crippen LogP contribution in [0.3, 0.4) is 0 Å². The molecule has 0 spiro atoms. The van der Waals surface area contributed by atoms with E-state index in [0.29, 0.717) is 16.9 Å². The molecule has 0 aliphatic carbocycles. The Balaban J connectivity index is 2.87. The van der Waals surface area contributed by atoms with Crippen molar-refractivity contribution in [3.63, 3.8) is 0 Å². The lowest BCUT2D eigenvalue weighted by Crippen LogP contribution is -2.17. The molecule has 1 aromatic carbocycles. The quantitative estimate of drug-likeness (QED) is 0.485. The van der Waals surface area contributed by atoms with Gasteiger partial charge in [0.1, 0.15) is 0 Å². The molecule has 0 heterocycles. The molecular weight excluding hydrogens is 168 g/mol. The molecule has 4 heteroatoms. The molecule has 13 heavy (non-hydrogen) atoms. The average Bonchev–Trinajstić information content (AvgIpc) is 2.11. The van der Waals surface area contributed by atoms with Crippen molar-refractivity contribution in [3.05, 3.63) is 23.8 Å². The van der Waals surface area contributed by atoms with Crippen LogP contribution in [0.15, 0.2) is 18.2 Å². The maximum absolute atomic E-state index is 9.20. The summed E-state index contributed by atoms with van der Waals surface area (Å²) in [6, 6.07) is 5.19. The lowest BCUT2D eigenvalue weighted by Gasteiger charge is -2.11. The van der Waals surface area contributed by atoms with Gasteiger partial charge < -0.3 is 21.7 Å². The van der Waals surface area contributed by atoms with E-state index in [-0.39, 0.29) is 13.0 Å². The molecule has 0 aromatic heterocycles. The number of nitrogens with two attached hydrogens (primary N) is 2. The minimum absolute atomic E-state index is 0.284. The highest BCUT2D eigenvalue weighted by atomic mass is 16.3. The number of rotatable bonds is 3. The monoisotopic (exact) mass is 182 g/mol. The van der Waals surface area contributed by atoms with Crippen LogP contribution >= 0.6 is 0 Å². The minimum atomic E-state index is -0.799. The normalized spacial score (nSPS) is 12.8. The molecule has 0 fully saturated rings. The van der Waals surface area contributed by atoms with Crippen LogP contribution in [-0.2, 0) is 6.42 Å². The highest BCUT2D eigenvalue weighted by Crippen LogP contribution is 2.20. The fourth-order valence-electron chi connectivity index (χ4n) is 1.16. The van der Waals surface area contributed by atoms with Gasteiger partial charge in [0, 0.05) is 23.4 Å². The molecule has 72 valence electrons. The second-order valence-corrected chi connectivity index (χ2v) is 2.96. The number of hydrogen-bond acceptors (Lipinski definition) is 4. The van der Waals surface area contributed by atoms with Crippen molar-refractivity contribution >= 4 is 11.4 Å². The fraction of sp³-hybridized carbons (Fsp3) is 0.333. The maximum atomic E-state index is 9.20. The van der Waals surface area contributed by atoms with E-state index in [1.165, 1.54) is 0 Å². The lowest BCUT2D eigenvalue weighted by atomic mass is 10.0. The SMILES string of the molecule is Nc1cccc(N)c1CC(O)CO. The van der Waals surface area contributed by atoms with Gasteiger partial charge in [0.25, 0.3) is 0 Å². The van der Waals surface area contributed by atoms with Gasteiger partial charge in [-0.05, 0) is 12.1 Å². The smallest absolute Gasteiger partial charge is 0.0812 e. The molecule has 0 saturated heterocycles. The van der Waals surface area contributed by atoms with E-state index in [4.69, 9.17) is 16.6 Å². The van der Waals surface area contributed by atoms with E-state index in [0.717, 1.165) is 0 Å². The number of hydrogen-bond donors (Lipinski definition) is 4. The van der Waals surface area contributed by atoms with Crippen LogP contribution in [0.25, 0.3) is 0 Å². The lowest BCUT2D eigenvalue weighted by molar-refractivity contribution is 0.0957. The molecule has 1 rings (SSSR count). The number of benzene rings is 1. The van der Waals surface area contributed by atoms with Gasteiger partial charge in [0.15, 0.2) is 0 Å². The molecule has 0 aliphatic heterocycles. The van der Waals surface area contributed by atoms with Crippen molar-refractivity contribution in [2.24, 2.45) is 0 Å². The second-order valence-electron chi connectivity index (χ2n) is 2.96. The molecular formula is C9H14N2O2. The molecule has 1 aromatic rings. The van der Waals surface area contributed by atoms with Crippen LogP contribution in [0.5, 0.6) is 0 Å². The Morgan fingerprint density at radius 2 is 1.77 bits per heavy atom. The van der Waals surface area contributed by atoms with Gasteiger partial charge in [0.05, 0.1) is 12.7 Å². The van der Waals surface area contributed by atoms with E-state index in [1.807, 2.05) is 0 Å². The predicted molar refractivity (Wildman–Crippen MR) is 52.1 cm³/mol. The number of aliphatic hydroxyl groups excluding tert-OH is 2. The Morgan fingerprint density at radius 1 is 1.23 bits per heavy atom. The maximum Gasteiger partial charge on any atom is 0.0812 e. The summed E-state index contributed by atoms with van der Waals surface area (Å²) in [5.41, 5.74) is 13.1. The number of anilines is 2. The highest BCUT2D eigenvalue weighted by Gasteiger charge is 2.09. The molecule has 0 bridgehead atoms. The Bertz CT molecular complexity index is 269. The highest BCUT2D eigenvalue weighted by molar-refractivity contribution is 5.61. The molecule has 1 atom stereocenters. The topological polar surface area (TPSA) is 92.5 Å². The van der Waals surface area contributed by atoms with E-state index in [1.54, 1.807) is 18.2 Å². The van der Waals surface area contributed by atoms with E-state index >= 15 is 0 Å². The average molecular weight is 182 g/mol. The summed E-state index contributed by atoms with van der Waals surface area (Å²) in [6.07, 6.45) is -0.512. The van der Waals surface area contributed by atoms with Gasteiger partial charge in [-0.2, -0.15) is 0 Å². The molecule has 0 aliphatic rings. The fourth-order valence-corrected chi connectivity index (χ4v) is 1.16. The number of nitrogen functional groups attached to an aromatic ring is 2. The van der Waals surface area contributed by atoms with Crippen molar-refractivity contribution in [1.82, 2.24) is 0 Å². The predicted octanol–water partition coefficient (Wildman–Crippen LogP) is -0.253. The van der Waals surface area contributed by atoms with Crippen LogP contribution in [0.2, 0.25) is 0 Å². The zero-order valence-corrected chi connectivity index (χ0v) is 7.27. The Morgan fingerprint density at radius 3 is 2.23 bits per heavy atom. The molecule has 0 saturated carbocycles. The molecule has 0 amide bonds. The van der Waals surface area contributed by atoms with E-state index in [9.17, 15) is 5.11 Å². The van der Waals surface area contributed by atoms with Crippen molar-refractivity contribution in [3.8, 4) is 0 Å². The first-order chi connectivity index (χ1) is 6.15. The summed E-state index contributed by atoms with van der Waals surface area (Å²) in [5, 5.41) is 17.8. The van der Waals surface area contributed by atoms with E-state index in [2.05, 4.69) is 0 Å². The first-order valence-electron chi connectivity index (χ1n) is 4.07. The molecule has 6 N–H and O–H groups in total. The van der Waals surface area contributed by atoms with Gasteiger partial charge in [-0.15, -0.1) is 0 Å². The second kappa shape index (κ2) is 4.11. The van der Waals surface area contributed by atoms with Crippen molar-refractivity contribution in [1.29, 1.82) is 0 Å². The summed E-state index contributed by atoms with van der Waals surface area (Å²) in [7, 11) is 0. The third kappa shape index (κ3) is 2.34. The van der Waals surface area contributed by atoms with Crippen LogP contribution < -0.4 is 11.5 Å². The molecule has 1 unspecified atom stereocenters. The summed E-state index contributed by atoms with van der Waals surface area (Å²) < 4.78 is 0. The Kier molecular flexibility index (Phi) is 3.11. The standard InChI is InChI=1S/C9H14N2O2/c10-8-2-1-3-9(11)7(8)4-6(13)5-12/h1-3,6,12-13H,4-5,10-11H2. The minimum Gasteiger partial charge on any atom is -0.398 e. The van der Waals surface area contributed by atoms with Gasteiger partial charge in [-0.1, -0.05) is 6.07 Å². The van der Waals surface area contributed by atoms with E-state index < -0.39 is 6.10 Å². The van der Waals surface area contributed by atoms with Crippen LogP contribution in [0, 0.1) is 0 Å². The third-order valence-electron chi connectivity index (χ3n) is 1.90. The Labute approximate surface area is 76.8 Å². The van der Waals surface area contributed by atoms with Gasteiger partial charge in [0.2, 0.25) is 0 Å². The summed E-state index contributed by atoms with van der Waals surface area (Å²) in [5.74, 6) is 0. The number of aliphatic hydroxyl groups is 2. The van der Waals surface area contributed by atoms with Gasteiger partial charge >= 0.3 is 0 Å². The Hall–Kier alpha value is -1.26. The van der Waals surface area contributed by atoms with Crippen molar-refractivity contribution in [2.45, 2.75) is 12.5 Å².